The van der Waals surface area contributed by atoms with Crippen LogP contribution < -0.4 is 0 Å². The van der Waals surface area contributed by atoms with Crippen LogP contribution in [-0.4, -0.2) is 23.1 Å². The predicted molar refractivity (Wildman–Crippen MR) is 86.0 cm³/mol. The van der Waals surface area contributed by atoms with Crippen LogP contribution in [0.3, 0.4) is 0 Å². The van der Waals surface area contributed by atoms with Crippen molar-refractivity contribution < 1.29 is 5.11 Å². The molecule has 1 unspecified atom stereocenters. The van der Waals surface area contributed by atoms with Crippen LogP contribution in [0.1, 0.15) is 29.5 Å². The Hall–Kier alpha value is -1.64. The van der Waals surface area contributed by atoms with Gasteiger partial charge in [-0.25, -0.2) is 0 Å². The number of hydrogen-bond donors (Lipinski definition) is 1. The summed E-state index contributed by atoms with van der Waals surface area (Å²) in [5, 5.41) is 11.1. The van der Waals surface area contributed by atoms with Gasteiger partial charge in [-0.3, -0.25) is 4.90 Å². The summed E-state index contributed by atoms with van der Waals surface area (Å²) in [7, 11) is 0. The van der Waals surface area contributed by atoms with Gasteiger partial charge in [-0.05, 0) is 43.0 Å². The fourth-order valence-electron chi connectivity index (χ4n) is 3.41. The van der Waals surface area contributed by atoms with E-state index in [1.165, 1.54) is 11.1 Å². The maximum absolute atomic E-state index is 11.1. The lowest BCUT2D eigenvalue weighted by Gasteiger charge is -2.40. The van der Waals surface area contributed by atoms with E-state index in [2.05, 4.69) is 48.2 Å². The van der Waals surface area contributed by atoms with E-state index >= 15 is 0 Å². The molecule has 1 N–H and O–H groups in total. The number of piperidine rings is 1. The molecule has 0 aliphatic carbocycles. The van der Waals surface area contributed by atoms with Crippen molar-refractivity contribution in [2.75, 3.05) is 13.1 Å². The first kappa shape index (κ1) is 14.3. The Kier molecular flexibility index (Phi) is 4.09. The molecule has 21 heavy (non-hydrogen) atoms. The minimum atomic E-state index is -0.710. The van der Waals surface area contributed by atoms with Gasteiger partial charge >= 0.3 is 0 Å². The lowest BCUT2D eigenvalue weighted by molar-refractivity contribution is -0.0385. The van der Waals surface area contributed by atoms with Gasteiger partial charge in [0.2, 0.25) is 0 Å². The Labute approximate surface area is 127 Å². The molecule has 0 saturated carbocycles. The van der Waals surface area contributed by atoms with Crippen LogP contribution in [0.2, 0.25) is 0 Å². The number of aryl methyl sites for hydroxylation is 1. The lowest BCUT2D eigenvalue weighted by atomic mass is 9.83. The summed E-state index contributed by atoms with van der Waals surface area (Å²) in [5.41, 5.74) is 2.87. The van der Waals surface area contributed by atoms with Gasteiger partial charge in [-0.1, -0.05) is 54.6 Å². The molecule has 0 spiro atoms. The van der Waals surface area contributed by atoms with E-state index in [0.29, 0.717) is 6.54 Å². The summed E-state index contributed by atoms with van der Waals surface area (Å²) in [4.78, 5) is 2.37. The van der Waals surface area contributed by atoms with Gasteiger partial charge in [-0.15, -0.1) is 0 Å². The van der Waals surface area contributed by atoms with Crippen LogP contribution in [0.15, 0.2) is 54.6 Å². The normalized spacial score (nSPS) is 23.1. The summed E-state index contributed by atoms with van der Waals surface area (Å²) in [6, 6.07) is 18.7. The summed E-state index contributed by atoms with van der Waals surface area (Å²) in [6.45, 7) is 4.77. The first-order valence-electron chi connectivity index (χ1n) is 7.72. The van der Waals surface area contributed by atoms with E-state index in [4.69, 9.17) is 0 Å². The third-order valence-corrected chi connectivity index (χ3v) is 4.45. The van der Waals surface area contributed by atoms with Gasteiger partial charge < -0.3 is 5.11 Å². The second kappa shape index (κ2) is 6.00. The average Bonchev–Trinajstić information content (AvgIpc) is 2.49. The fourth-order valence-corrected chi connectivity index (χ4v) is 3.41. The fraction of sp³-hybridized carbons (Fsp3) is 0.368. The number of likely N-dealkylation sites (tertiary alicyclic amines) is 1. The SMILES string of the molecule is Cc1ccccc1C1(O)CCCN(Cc2ccccc2)C1. The smallest absolute Gasteiger partial charge is 0.103 e. The summed E-state index contributed by atoms with van der Waals surface area (Å²) >= 11 is 0. The Balaban J connectivity index is 1.78. The molecule has 1 heterocycles. The van der Waals surface area contributed by atoms with Gasteiger partial charge in [0.25, 0.3) is 0 Å². The standard InChI is InChI=1S/C19H23NO/c1-16-8-5-6-11-18(16)19(21)12-7-13-20(15-19)14-17-9-3-2-4-10-17/h2-6,8-11,21H,7,12-15H2,1H3. The van der Waals surface area contributed by atoms with Crippen LogP contribution >= 0.6 is 0 Å². The number of β-amino-alcohol motifs (C(OH)–C–C–N with tert-alkyl or cyclic N) is 1. The molecule has 2 heteroatoms. The quantitative estimate of drug-likeness (QED) is 0.931. The van der Waals surface area contributed by atoms with E-state index in [1.807, 2.05) is 18.2 Å². The van der Waals surface area contributed by atoms with Crippen molar-refractivity contribution in [3.05, 3.63) is 71.3 Å². The highest BCUT2D eigenvalue weighted by atomic mass is 16.3. The maximum atomic E-state index is 11.1. The molecular formula is C19H23NO. The van der Waals surface area contributed by atoms with Crippen LogP contribution in [-0.2, 0) is 12.1 Å². The van der Waals surface area contributed by atoms with Crippen molar-refractivity contribution in [2.45, 2.75) is 31.9 Å². The second-order valence-corrected chi connectivity index (χ2v) is 6.15. The molecule has 2 aromatic carbocycles. The zero-order valence-corrected chi connectivity index (χ0v) is 12.6. The number of aliphatic hydroxyl groups is 1. The largest absolute Gasteiger partial charge is 0.384 e. The van der Waals surface area contributed by atoms with Crippen LogP contribution in [0.4, 0.5) is 0 Å². The molecule has 2 nitrogen and oxygen atoms in total. The first-order chi connectivity index (χ1) is 10.2. The van der Waals surface area contributed by atoms with Gasteiger partial charge in [0.15, 0.2) is 0 Å². The average molecular weight is 281 g/mol. The van der Waals surface area contributed by atoms with Crippen molar-refractivity contribution in [1.82, 2.24) is 4.90 Å². The molecule has 110 valence electrons. The van der Waals surface area contributed by atoms with Crippen molar-refractivity contribution in [2.24, 2.45) is 0 Å². The molecule has 1 aliphatic rings. The molecule has 0 aromatic heterocycles. The molecule has 0 radical (unpaired) electrons. The highest BCUT2D eigenvalue weighted by molar-refractivity contribution is 5.32. The minimum Gasteiger partial charge on any atom is -0.384 e. The highest BCUT2D eigenvalue weighted by Crippen LogP contribution is 2.33. The van der Waals surface area contributed by atoms with Gasteiger partial charge in [0.05, 0.1) is 0 Å². The number of rotatable bonds is 3. The number of nitrogens with zero attached hydrogens (tertiary/aromatic N) is 1. The third-order valence-electron chi connectivity index (χ3n) is 4.45. The Morgan fingerprint density at radius 2 is 1.76 bits per heavy atom. The zero-order valence-electron chi connectivity index (χ0n) is 12.6. The Bertz CT molecular complexity index is 596. The Morgan fingerprint density at radius 3 is 2.52 bits per heavy atom. The van der Waals surface area contributed by atoms with E-state index in [-0.39, 0.29) is 0 Å². The maximum Gasteiger partial charge on any atom is 0.103 e. The molecule has 3 rings (SSSR count). The van der Waals surface area contributed by atoms with E-state index < -0.39 is 5.60 Å². The van der Waals surface area contributed by atoms with Crippen molar-refractivity contribution in [3.63, 3.8) is 0 Å². The summed E-state index contributed by atoms with van der Waals surface area (Å²) < 4.78 is 0. The molecule has 0 amide bonds. The highest BCUT2D eigenvalue weighted by Gasteiger charge is 2.35. The number of hydrogen-bond acceptors (Lipinski definition) is 2. The van der Waals surface area contributed by atoms with E-state index in [1.54, 1.807) is 0 Å². The van der Waals surface area contributed by atoms with Gasteiger partial charge in [0.1, 0.15) is 5.60 Å². The number of benzene rings is 2. The van der Waals surface area contributed by atoms with Gasteiger partial charge in [0, 0.05) is 13.1 Å². The van der Waals surface area contributed by atoms with E-state index in [9.17, 15) is 5.11 Å². The predicted octanol–water partition coefficient (Wildman–Crippen LogP) is 3.48. The molecule has 1 aliphatic heterocycles. The van der Waals surface area contributed by atoms with Crippen molar-refractivity contribution in [1.29, 1.82) is 0 Å². The van der Waals surface area contributed by atoms with Gasteiger partial charge in [-0.2, -0.15) is 0 Å². The summed E-state index contributed by atoms with van der Waals surface area (Å²) in [6.07, 6.45) is 1.89. The van der Waals surface area contributed by atoms with Crippen LogP contribution in [0, 0.1) is 6.92 Å². The van der Waals surface area contributed by atoms with Crippen molar-refractivity contribution >= 4 is 0 Å². The molecule has 1 saturated heterocycles. The van der Waals surface area contributed by atoms with Crippen LogP contribution in [0.5, 0.6) is 0 Å². The van der Waals surface area contributed by atoms with E-state index in [0.717, 1.165) is 31.5 Å². The molecular weight excluding hydrogens is 258 g/mol. The van der Waals surface area contributed by atoms with Crippen molar-refractivity contribution in [3.8, 4) is 0 Å². The first-order valence-corrected chi connectivity index (χ1v) is 7.72. The Morgan fingerprint density at radius 1 is 1.05 bits per heavy atom. The molecule has 1 atom stereocenters. The molecule has 2 aromatic rings. The third kappa shape index (κ3) is 3.17. The zero-order chi connectivity index (χ0) is 14.7. The van der Waals surface area contributed by atoms with Crippen LogP contribution in [0.25, 0.3) is 0 Å². The molecule has 0 bridgehead atoms. The topological polar surface area (TPSA) is 23.5 Å². The minimum absolute atomic E-state index is 0.710. The second-order valence-electron chi connectivity index (χ2n) is 6.15. The monoisotopic (exact) mass is 281 g/mol. The lowest BCUT2D eigenvalue weighted by Crippen LogP contribution is -2.46. The molecule has 1 fully saturated rings. The summed E-state index contributed by atoms with van der Waals surface area (Å²) in [5.74, 6) is 0.